The van der Waals surface area contributed by atoms with Gasteiger partial charge in [0.25, 0.3) is 0 Å². The summed E-state index contributed by atoms with van der Waals surface area (Å²) in [5.41, 5.74) is 0. The van der Waals surface area contributed by atoms with Crippen LogP contribution in [0.5, 0.6) is 0 Å². The first-order chi connectivity index (χ1) is 6.72. The number of nitrogens with zero attached hydrogens (tertiary/aromatic N) is 2. The predicted molar refractivity (Wildman–Crippen MR) is 55.6 cm³/mol. The highest BCUT2D eigenvalue weighted by Crippen LogP contribution is 2.09. The highest BCUT2D eigenvalue weighted by molar-refractivity contribution is 7.09. The van der Waals surface area contributed by atoms with Crippen molar-refractivity contribution in [1.82, 2.24) is 9.36 Å². The number of aromatic nitrogens is 2. The molecular weight excluding hydrogens is 202 g/mol. The lowest BCUT2D eigenvalue weighted by molar-refractivity contribution is 0.0615. The van der Waals surface area contributed by atoms with Gasteiger partial charge in [-0.1, -0.05) is 0 Å². The number of hydrogen-bond acceptors (Lipinski definition) is 6. The first-order valence-electron chi connectivity index (χ1n) is 4.43. The van der Waals surface area contributed by atoms with Gasteiger partial charge in [-0.15, -0.1) is 0 Å². The zero-order valence-corrected chi connectivity index (χ0v) is 9.17. The minimum atomic E-state index is -0.415. The summed E-state index contributed by atoms with van der Waals surface area (Å²) < 4.78 is 8.84. The largest absolute Gasteiger partial charge is 0.391 e. The first kappa shape index (κ1) is 11.4. The van der Waals surface area contributed by atoms with Gasteiger partial charge >= 0.3 is 0 Å². The van der Waals surface area contributed by atoms with Crippen molar-refractivity contribution in [3.8, 4) is 0 Å². The van der Waals surface area contributed by atoms with E-state index < -0.39 is 6.10 Å². The smallest absolute Gasteiger partial charge is 0.202 e. The molecule has 1 unspecified atom stereocenters. The van der Waals surface area contributed by atoms with Gasteiger partial charge in [-0.25, -0.2) is 4.98 Å². The molecule has 0 fully saturated rings. The molecule has 0 saturated heterocycles. The fourth-order valence-corrected chi connectivity index (χ4v) is 1.59. The van der Waals surface area contributed by atoms with Crippen molar-refractivity contribution in [2.24, 2.45) is 0 Å². The van der Waals surface area contributed by atoms with Crippen LogP contribution in [0.15, 0.2) is 0 Å². The molecule has 0 radical (unpaired) electrons. The predicted octanol–water partition coefficient (Wildman–Crippen LogP) is 0.656. The highest BCUT2D eigenvalue weighted by atomic mass is 32.1. The molecule has 1 heterocycles. The van der Waals surface area contributed by atoms with Crippen molar-refractivity contribution < 1.29 is 9.84 Å². The standard InChI is InChI=1S/C8H15N3O2S/c1-6-10-8(14-11-6)9-4-3-7(12)5-13-2/h7,12H,3-5H2,1-2H3,(H,9,10,11). The maximum atomic E-state index is 9.33. The van der Waals surface area contributed by atoms with E-state index in [2.05, 4.69) is 14.7 Å². The zero-order valence-electron chi connectivity index (χ0n) is 8.36. The molecule has 0 aliphatic carbocycles. The minimum Gasteiger partial charge on any atom is -0.391 e. The summed E-state index contributed by atoms with van der Waals surface area (Å²) >= 11 is 1.33. The molecule has 6 heteroatoms. The molecule has 80 valence electrons. The molecule has 1 atom stereocenters. The summed E-state index contributed by atoms with van der Waals surface area (Å²) in [6, 6.07) is 0. The summed E-state index contributed by atoms with van der Waals surface area (Å²) in [4.78, 5) is 4.14. The monoisotopic (exact) mass is 217 g/mol. The lowest BCUT2D eigenvalue weighted by Crippen LogP contribution is -2.18. The van der Waals surface area contributed by atoms with Crippen LogP contribution in [0.3, 0.4) is 0 Å². The van der Waals surface area contributed by atoms with Crippen molar-refractivity contribution in [3.63, 3.8) is 0 Å². The van der Waals surface area contributed by atoms with E-state index in [4.69, 9.17) is 4.74 Å². The van der Waals surface area contributed by atoms with E-state index in [1.165, 1.54) is 11.5 Å². The Morgan fingerprint density at radius 3 is 3.00 bits per heavy atom. The van der Waals surface area contributed by atoms with Gasteiger partial charge in [0.2, 0.25) is 5.13 Å². The molecule has 1 rings (SSSR count). The Balaban J connectivity index is 2.15. The summed E-state index contributed by atoms with van der Waals surface area (Å²) in [5, 5.41) is 13.2. The second-order valence-corrected chi connectivity index (χ2v) is 3.72. The zero-order chi connectivity index (χ0) is 10.4. The Morgan fingerprint density at radius 2 is 2.43 bits per heavy atom. The third-order valence-corrected chi connectivity index (χ3v) is 2.40. The van der Waals surface area contributed by atoms with Gasteiger partial charge in [0.05, 0.1) is 12.7 Å². The number of aliphatic hydroxyl groups excluding tert-OH is 1. The van der Waals surface area contributed by atoms with Gasteiger partial charge in [0.15, 0.2) is 0 Å². The van der Waals surface area contributed by atoms with Crippen LogP contribution >= 0.6 is 11.5 Å². The maximum absolute atomic E-state index is 9.33. The molecule has 1 aromatic heterocycles. The molecule has 2 N–H and O–H groups in total. The van der Waals surface area contributed by atoms with Crippen LogP contribution in [0.1, 0.15) is 12.2 Å². The van der Waals surface area contributed by atoms with E-state index in [-0.39, 0.29) is 0 Å². The van der Waals surface area contributed by atoms with Crippen LogP contribution in [0.2, 0.25) is 0 Å². The average Bonchev–Trinajstić information content (AvgIpc) is 2.52. The molecular formula is C8H15N3O2S. The third-order valence-electron chi connectivity index (χ3n) is 1.64. The quantitative estimate of drug-likeness (QED) is 0.732. The van der Waals surface area contributed by atoms with Crippen LogP contribution in [-0.4, -0.2) is 40.8 Å². The van der Waals surface area contributed by atoms with Crippen LogP contribution in [0.4, 0.5) is 5.13 Å². The number of nitrogens with one attached hydrogen (secondary N) is 1. The number of methoxy groups -OCH3 is 1. The average molecular weight is 217 g/mol. The SMILES string of the molecule is COCC(O)CCNc1nc(C)ns1. The molecule has 0 aliphatic rings. The Hall–Kier alpha value is -0.720. The Labute approximate surface area is 87.3 Å². The molecule has 0 bridgehead atoms. The molecule has 0 saturated carbocycles. The van der Waals surface area contributed by atoms with Crippen LogP contribution in [0.25, 0.3) is 0 Å². The van der Waals surface area contributed by atoms with Crippen LogP contribution in [0, 0.1) is 6.92 Å². The maximum Gasteiger partial charge on any atom is 0.202 e. The summed E-state index contributed by atoms with van der Waals surface area (Å²) in [6.07, 6.45) is 0.230. The highest BCUT2D eigenvalue weighted by Gasteiger charge is 2.03. The van der Waals surface area contributed by atoms with Crippen molar-refractivity contribution >= 4 is 16.7 Å². The second kappa shape index (κ2) is 5.90. The molecule has 5 nitrogen and oxygen atoms in total. The molecule has 0 aliphatic heterocycles. The molecule has 0 aromatic carbocycles. The normalized spacial score (nSPS) is 12.8. The summed E-state index contributed by atoms with van der Waals surface area (Å²) in [5.74, 6) is 0.773. The topological polar surface area (TPSA) is 67.3 Å². The molecule has 14 heavy (non-hydrogen) atoms. The van der Waals surface area contributed by atoms with Crippen molar-refractivity contribution in [2.45, 2.75) is 19.4 Å². The number of anilines is 1. The number of ether oxygens (including phenoxy) is 1. The lowest BCUT2D eigenvalue weighted by Gasteiger charge is -2.08. The van der Waals surface area contributed by atoms with E-state index in [0.29, 0.717) is 19.6 Å². The fraction of sp³-hybridized carbons (Fsp3) is 0.750. The van der Waals surface area contributed by atoms with E-state index >= 15 is 0 Å². The molecule has 0 spiro atoms. The molecule has 0 amide bonds. The lowest BCUT2D eigenvalue weighted by atomic mass is 10.3. The van der Waals surface area contributed by atoms with Crippen molar-refractivity contribution in [2.75, 3.05) is 25.6 Å². The van der Waals surface area contributed by atoms with Crippen LogP contribution in [-0.2, 0) is 4.74 Å². The number of aryl methyl sites for hydroxylation is 1. The molecule has 1 aromatic rings. The third kappa shape index (κ3) is 3.99. The van der Waals surface area contributed by atoms with Crippen molar-refractivity contribution in [3.05, 3.63) is 5.82 Å². The van der Waals surface area contributed by atoms with Gasteiger partial charge in [-0.3, -0.25) is 0 Å². The summed E-state index contributed by atoms with van der Waals surface area (Å²) in [7, 11) is 1.57. The van der Waals surface area contributed by atoms with Crippen LogP contribution < -0.4 is 5.32 Å². The van der Waals surface area contributed by atoms with E-state index in [9.17, 15) is 5.11 Å². The van der Waals surface area contributed by atoms with Gasteiger partial charge in [-0.2, -0.15) is 4.37 Å². The second-order valence-electron chi connectivity index (χ2n) is 2.97. The number of aliphatic hydroxyl groups is 1. The number of rotatable bonds is 6. The first-order valence-corrected chi connectivity index (χ1v) is 5.21. The minimum absolute atomic E-state index is 0.372. The number of hydrogen-bond donors (Lipinski definition) is 2. The van der Waals surface area contributed by atoms with Gasteiger partial charge in [0, 0.05) is 25.2 Å². The van der Waals surface area contributed by atoms with Gasteiger partial charge < -0.3 is 15.2 Å². The Bertz CT molecular complexity index is 267. The van der Waals surface area contributed by atoms with Gasteiger partial charge in [-0.05, 0) is 13.3 Å². The fourth-order valence-electron chi connectivity index (χ4n) is 0.990. The van der Waals surface area contributed by atoms with Crippen molar-refractivity contribution in [1.29, 1.82) is 0 Å². The van der Waals surface area contributed by atoms with E-state index in [1.807, 2.05) is 6.92 Å². The van der Waals surface area contributed by atoms with E-state index in [0.717, 1.165) is 11.0 Å². The summed E-state index contributed by atoms with van der Waals surface area (Å²) in [6.45, 7) is 2.90. The van der Waals surface area contributed by atoms with E-state index in [1.54, 1.807) is 7.11 Å². The van der Waals surface area contributed by atoms with Gasteiger partial charge in [0.1, 0.15) is 5.82 Å². The Kier molecular flexibility index (Phi) is 4.78. The Morgan fingerprint density at radius 1 is 1.64 bits per heavy atom.